The van der Waals surface area contributed by atoms with Gasteiger partial charge in [0.15, 0.2) is 0 Å². The van der Waals surface area contributed by atoms with E-state index in [-0.39, 0.29) is 0 Å². The van der Waals surface area contributed by atoms with Gasteiger partial charge in [-0.05, 0) is 19.3 Å². The average molecular weight is 285 g/mol. The number of anilines is 2. The Labute approximate surface area is 125 Å². The van der Waals surface area contributed by atoms with Gasteiger partial charge in [-0.25, -0.2) is 4.98 Å². The fourth-order valence-corrected chi connectivity index (χ4v) is 3.88. The molecule has 0 bridgehead atoms. The summed E-state index contributed by atoms with van der Waals surface area (Å²) in [6.07, 6.45) is 9.87. The smallest absolute Gasteiger partial charge is 0.222 e. The number of hydrogen-bond acceptors (Lipinski definition) is 5. The predicted octanol–water partition coefficient (Wildman–Crippen LogP) is 2.38. The second-order valence-corrected chi connectivity index (χ2v) is 6.49. The summed E-state index contributed by atoms with van der Waals surface area (Å²) in [7, 11) is 0. The third-order valence-corrected chi connectivity index (χ3v) is 5.04. The highest BCUT2D eigenvalue weighted by Gasteiger charge is 2.30. The van der Waals surface area contributed by atoms with Gasteiger partial charge in [0.25, 0.3) is 0 Å². The first-order valence-corrected chi connectivity index (χ1v) is 8.16. The normalized spacial score (nSPS) is 25.6. The van der Waals surface area contributed by atoms with Crippen LogP contribution in [0.4, 0.5) is 11.8 Å². The van der Waals surface area contributed by atoms with E-state index in [4.69, 9.17) is 5.73 Å². The summed E-state index contributed by atoms with van der Waals surface area (Å²) in [5, 5.41) is 3.46. The highest BCUT2D eigenvalue weighted by molar-refractivity contribution is 5.50. The Morgan fingerprint density at radius 1 is 1.10 bits per heavy atom. The minimum Gasteiger partial charge on any atom is -0.387 e. The van der Waals surface area contributed by atoms with Crippen LogP contribution in [-0.2, 0) is 0 Å². The van der Waals surface area contributed by atoms with Gasteiger partial charge in [0.2, 0.25) is 5.95 Å². The van der Waals surface area contributed by atoms with Crippen molar-refractivity contribution in [2.24, 2.45) is 5.92 Å². The topological polar surface area (TPSA) is 67.1 Å². The van der Waals surface area contributed by atoms with E-state index >= 15 is 0 Å². The van der Waals surface area contributed by atoms with Gasteiger partial charge < -0.3 is 16.0 Å². The third kappa shape index (κ3) is 2.45. The number of nitrogens with two attached hydrogens (primary N) is 1. The quantitative estimate of drug-likeness (QED) is 0.873. The molecule has 21 heavy (non-hydrogen) atoms. The number of aromatic nitrogens is 2. The van der Waals surface area contributed by atoms with Crippen LogP contribution in [0.1, 0.15) is 50.1 Å². The Kier molecular flexibility index (Phi) is 3.20. The Morgan fingerprint density at radius 3 is 2.76 bits per heavy atom. The van der Waals surface area contributed by atoms with E-state index in [0.29, 0.717) is 17.8 Å². The summed E-state index contributed by atoms with van der Waals surface area (Å²) in [5.41, 5.74) is 8.46. The molecule has 1 aromatic heterocycles. The highest BCUT2D eigenvalue weighted by atomic mass is 15.2. The minimum atomic E-state index is 0.413. The van der Waals surface area contributed by atoms with Crippen LogP contribution in [0, 0.1) is 5.92 Å². The van der Waals surface area contributed by atoms with E-state index in [0.717, 1.165) is 24.6 Å². The van der Waals surface area contributed by atoms with Crippen LogP contribution < -0.4 is 16.0 Å². The molecule has 2 aliphatic heterocycles. The van der Waals surface area contributed by atoms with E-state index in [2.05, 4.69) is 32.5 Å². The molecule has 3 aliphatic rings. The molecule has 0 aromatic carbocycles. The van der Waals surface area contributed by atoms with Crippen molar-refractivity contribution in [3.8, 4) is 0 Å². The molecular formula is C16H23N5. The predicted molar refractivity (Wildman–Crippen MR) is 83.8 cm³/mol. The molecule has 1 aromatic rings. The first-order chi connectivity index (χ1) is 10.3. The average Bonchev–Trinajstić information content (AvgIpc) is 3.09. The van der Waals surface area contributed by atoms with Crippen LogP contribution in [0.25, 0.3) is 0 Å². The summed E-state index contributed by atoms with van der Waals surface area (Å²) < 4.78 is 0. The van der Waals surface area contributed by atoms with Gasteiger partial charge in [-0.15, -0.1) is 0 Å². The number of nitrogens with zero attached hydrogens (tertiary/aromatic N) is 3. The van der Waals surface area contributed by atoms with Crippen molar-refractivity contribution in [2.75, 3.05) is 23.7 Å². The van der Waals surface area contributed by atoms with E-state index in [9.17, 15) is 0 Å². The molecule has 5 heteroatoms. The first-order valence-electron chi connectivity index (χ1n) is 8.16. The number of hydrogen-bond donors (Lipinski definition) is 2. The standard InChI is InChI=1S/C16H23N5/c17-16-19-13(11-4-2-1-3-5-11)8-15(20-16)21-9-12-6-7-18-14(12)10-21/h8,10-12,18H,1-7,9H2,(H2,17,19,20). The van der Waals surface area contributed by atoms with Gasteiger partial charge in [-0.2, -0.15) is 4.98 Å². The van der Waals surface area contributed by atoms with Crippen LogP contribution >= 0.6 is 0 Å². The lowest BCUT2D eigenvalue weighted by atomic mass is 9.87. The Hall–Kier alpha value is -1.78. The maximum atomic E-state index is 5.96. The molecule has 1 saturated carbocycles. The van der Waals surface area contributed by atoms with Crippen molar-refractivity contribution in [1.29, 1.82) is 0 Å². The van der Waals surface area contributed by atoms with E-state index in [1.807, 2.05) is 0 Å². The molecule has 0 spiro atoms. The summed E-state index contributed by atoms with van der Waals surface area (Å²) >= 11 is 0. The van der Waals surface area contributed by atoms with Crippen LogP contribution in [-0.4, -0.2) is 23.1 Å². The molecule has 1 unspecified atom stereocenters. The van der Waals surface area contributed by atoms with Crippen molar-refractivity contribution in [2.45, 2.75) is 44.4 Å². The summed E-state index contributed by atoms with van der Waals surface area (Å²) in [4.78, 5) is 11.2. The van der Waals surface area contributed by atoms with Crippen molar-refractivity contribution in [1.82, 2.24) is 15.3 Å². The molecule has 1 atom stereocenters. The van der Waals surface area contributed by atoms with Crippen LogP contribution in [0.15, 0.2) is 18.0 Å². The Bertz CT molecular complexity index is 562. The van der Waals surface area contributed by atoms with Crippen LogP contribution in [0.3, 0.4) is 0 Å². The molecule has 0 amide bonds. The molecule has 112 valence electrons. The number of nitrogen functional groups attached to an aromatic ring is 1. The van der Waals surface area contributed by atoms with Gasteiger partial charge in [0.1, 0.15) is 5.82 Å². The minimum absolute atomic E-state index is 0.413. The Morgan fingerprint density at radius 2 is 1.95 bits per heavy atom. The molecule has 0 radical (unpaired) electrons. The fourth-order valence-electron chi connectivity index (χ4n) is 3.88. The fraction of sp³-hybridized carbons (Fsp3) is 0.625. The van der Waals surface area contributed by atoms with Crippen LogP contribution in [0.5, 0.6) is 0 Å². The van der Waals surface area contributed by atoms with Gasteiger partial charge in [-0.3, -0.25) is 0 Å². The number of fused-ring (bicyclic) bond motifs is 1. The lowest BCUT2D eigenvalue weighted by molar-refractivity contribution is 0.436. The molecular weight excluding hydrogens is 262 g/mol. The lowest BCUT2D eigenvalue weighted by Crippen LogP contribution is -2.20. The second-order valence-electron chi connectivity index (χ2n) is 6.49. The Balaban J connectivity index is 1.60. The SMILES string of the molecule is Nc1nc(C2CCCCC2)cc(N2C=C3NCCC3C2)n1. The zero-order chi connectivity index (χ0) is 14.2. The molecule has 5 nitrogen and oxygen atoms in total. The zero-order valence-corrected chi connectivity index (χ0v) is 12.4. The second kappa shape index (κ2) is 5.20. The van der Waals surface area contributed by atoms with Gasteiger partial charge >= 0.3 is 0 Å². The maximum Gasteiger partial charge on any atom is 0.222 e. The van der Waals surface area contributed by atoms with E-state index < -0.39 is 0 Å². The first kappa shape index (κ1) is 12.9. The van der Waals surface area contributed by atoms with E-state index in [1.165, 1.54) is 44.2 Å². The lowest BCUT2D eigenvalue weighted by Gasteiger charge is -2.23. The summed E-state index contributed by atoms with van der Waals surface area (Å²) in [6, 6.07) is 2.16. The van der Waals surface area contributed by atoms with Crippen molar-refractivity contribution < 1.29 is 0 Å². The van der Waals surface area contributed by atoms with Gasteiger partial charge in [0, 0.05) is 42.9 Å². The maximum absolute atomic E-state index is 5.96. The van der Waals surface area contributed by atoms with E-state index in [1.54, 1.807) is 0 Å². The number of rotatable bonds is 2. The number of nitrogens with one attached hydrogen (secondary N) is 1. The zero-order valence-electron chi connectivity index (χ0n) is 12.4. The van der Waals surface area contributed by atoms with Crippen molar-refractivity contribution >= 4 is 11.8 Å². The largest absolute Gasteiger partial charge is 0.387 e. The highest BCUT2D eigenvalue weighted by Crippen LogP contribution is 2.35. The summed E-state index contributed by atoms with van der Waals surface area (Å²) in [6.45, 7) is 2.12. The monoisotopic (exact) mass is 285 g/mol. The van der Waals surface area contributed by atoms with Gasteiger partial charge in [-0.1, -0.05) is 19.3 Å². The van der Waals surface area contributed by atoms with Crippen molar-refractivity contribution in [3.05, 3.63) is 23.7 Å². The molecule has 3 heterocycles. The molecule has 4 rings (SSSR count). The van der Waals surface area contributed by atoms with Crippen LogP contribution in [0.2, 0.25) is 0 Å². The molecule has 2 fully saturated rings. The molecule has 1 saturated heterocycles. The van der Waals surface area contributed by atoms with Gasteiger partial charge in [0.05, 0.1) is 5.69 Å². The van der Waals surface area contributed by atoms with Crippen molar-refractivity contribution in [3.63, 3.8) is 0 Å². The summed E-state index contributed by atoms with van der Waals surface area (Å²) in [5.74, 6) is 2.58. The third-order valence-electron chi connectivity index (χ3n) is 5.04. The molecule has 1 aliphatic carbocycles. The molecule has 3 N–H and O–H groups in total.